The van der Waals surface area contributed by atoms with Crippen molar-refractivity contribution in [3.8, 4) is 0 Å². The Kier molecular flexibility index (Phi) is 5.47. The molecule has 2 aromatic carbocycles. The minimum atomic E-state index is 0.125. The van der Waals surface area contributed by atoms with Gasteiger partial charge in [-0.25, -0.2) is 0 Å². The van der Waals surface area contributed by atoms with Crippen LogP contribution in [-0.2, 0) is 6.42 Å². The van der Waals surface area contributed by atoms with E-state index in [1.165, 1.54) is 5.56 Å². The third kappa shape index (κ3) is 4.21. The van der Waals surface area contributed by atoms with Crippen molar-refractivity contribution in [2.75, 3.05) is 32.7 Å². The Morgan fingerprint density at radius 2 is 1.57 bits per heavy atom. The third-order valence-corrected chi connectivity index (χ3v) is 5.01. The molecule has 1 saturated heterocycles. The first kappa shape index (κ1) is 16.2. The molecule has 1 aliphatic heterocycles. The summed E-state index contributed by atoms with van der Waals surface area (Å²) in [7, 11) is 0. The predicted octanol–water partition coefficient (Wildman–Crippen LogP) is 3.45. The zero-order valence-electron chi connectivity index (χ0n) is 13.1. The van der Waals surface area contributed by atoms with Crippen LogP contribution in [0.2, 0.25) is 0 Å². The van der Waals surface area contributed by atoms with Gasteiger partial charge >= 0.3 is 0 Å². The lowest BCUT2D eigenvalue weighted by Crippen LogP contribution is -2.49. The highest BCUT2D eigenvalue weighted by molar-refractivity contribution is 9.10. The van der Waals surface area contributed by atoms with Crippen molar-refractivity contribution in [3.05, 3.63) is 70.2 Å². The van der Waals surface area contributed by atoms with Gasteiger partial charge in [-0.05, 0) is 40.0 Å². The molecule has 1 heterocycles. The molecule has 0 atom stereocenters. The summed E-state index contributed by atoms with van der Waals surface area (Å²) in [4.78, 5) is 17.0. The predicted molar refractivity (Wildman–Crippen MR) is 96.6 cm³/mol. The van der Waals surface area contributed by atoms with Crippen LogP contribution in [0.25, 0.3) is 0 Å². The number of carbonyl (C=O) groups excluding carboxylic acids is 1. The van der Waals surface area contributed by atoms with E-state index in [1.54, 1.807) is 0 Å². The molecule has 0 N–H and O–H groups in total. The summed E-state index contributed by atoms with van der Waals surface area (Å²) >= 11 is 3.47. The molecule has 23 heavy (non-hydrogen) atoms. The van der Waals surface area contributed by atoms with Crippen LogP contribution >= 0.6 is 15.9 Å². The maximum absolute atomic E-state index is 12.6. The van der Waals surface area contributed by atoms with E-state index < -0.39 is 0 Å². The maximum atomic E-state index is 12.6. The van der Waals surface area contributed by atoms with E-state index in [1.807, 2.05) is 29.2 Å². The molecular weight excluding hydrogens is 352 g/mol. The van der Waals surface area contributed by atoms with Crippen molar-refractivity contribution in [1.82, 2.24) is 9.80 Å². The monoisotopic (exact) mass is 372 g/mol. The molecule has 120 valence electrons. The minimum Gasteiger partial charge on any atom is -0.336 e. The van der Waals surface area contributed by atoms with E-state index in [0.717, 1.165) is 49.2 Å². The maximum Gasteiger partial charge on any atom is 0.255 e. The van der Waals surface area contributed by atoms with Gasteiger partial charge < -0.3 is 4.90 Å². The molecule has 0 aromatic heterocycles. The zero-order valence-corrected chi connectivity index (χ0v) is 14.7. The summed E-state index contributed by atoms with van der Waals surface area (Å²) in [6.07, 6.45) is 1.07. The van der Waals surface area contributed by atoms with Crippen molar-refractivity contribution >= 4 is 21.8 Å². The molecule has 0 bridgehead atoms. The topological polar surface area (TPSA) is 23.6 Å². The summed E-state index contributed by atoms with van der Waals surface area (Å²) in [5, 5.41) is 0. The van der Waals surface area contributed by atoms with Gasteiger partial charge in [0.1, 0.15) is 0 Å². The van der Waals surface area contributed by atoms with Crippen LogP contribution in [0.3, 0.4) is 0 Å². The molecule has 3 nitrogen and oxygen atoms in total. The molecule has 0 unspecified atom stereocenters. The Labute approximate surface area is 146 Å². The lowest BCUT2D eigenvalue weighted by molar-refractivity contribution is 0.0637. The van der Waals surface area contributed by atoms with Gasteiger partial charge in [-0.1, -0.05) is 42.5 Å². The fourth-order valence-electron chi connectivity index (χ4n) is 2.91. The van der Waals surface area contributed by atoms with Crippen LogP contribution in [0.15, 0.2) is 59.1 Å². The van der Waals surface area contributed by atoms with Crippen molar-refractivity contribution in [3.63, 3.8) is 0 Å². The molecule has 1 aliphatic rings. The molecule has 0 spiro atoms. The van der Waals surface area contributed by atoms with Gasteiger partial charge in [-0.15, -0.1) is 0 Å². The average molecular weight is 373 g/mol. The summed E-state index contributed by atoms with van der Waals surface area (Å²) in [6.45, 7) is 4.55. The van der Waals surface area contributed by atoms with E-state index in [2.05, 4.69) is 51.2 Å². The van der Waals surface area contributed by atoms with Gasteiger partial charge in [0, 0.05) is 37.2 Å². The highest BCUT2D eigenvalue weighted by atomic mass is 79.9. The Morgan fingerprint density at radius 1 is 0.913 bits per heavy atom. The molecule has 0 saturated carbocycles. The Bertz CT molecular complexity index is 651. The van der Waals surface area contributed by atoms with Crippen molar-refractivity contribution in [2.45, 2.75) is 6.42 Å². The van der Waals surface area contributed by atoms with Crippen LogP contribution in [-0.4, -0.2) is 48.4 Å². The fraction of sp³-hybridized carbons (Fsp3) is 0.316. The zero-order chi connectivity index (χ0) is 16.1. The normalized spacial score (nSPS) is 15.6. The average Bonchev–Trinajstić information content (AvgIpc) is 2.61. The van der Waals surface area contributed by atoms with Gasteiger partial charge in [0.2, 0.25) is 0 Å². The van der Waals surface area contributed by atoms with E-state index in [9.17, 15) is 4.79 Å². The van der Waals surface area contributed by atoms with Gasteiger partial charge in [-0.3, -0.25) is 9.69 Å². The lowest BCUT2D eigenvalue weighted by atomic mass is 10.1. The van der Waals surface area contributed by atoms with Crippen LogP contribution in [0.4, 0.5) is 0 Å². The summed E-state index contributed by atoms with van der Waals surface area (Å²) in [5.41, 5.74) is 2.13. The molecule has 2 aromatic rings. The number of piperazine rings is 1. The second kappa shape index (κ2) is 7.75. The van der Waals surface area contributed by atoms with Crippen LogP contribution in [0.5, 0.6) is 0 Å². The van der Waals surface area contributed by atoms with Crippen LogP contribution < -0.4 is 0 Å². The minimum absolute atomic E-state index is 0.125. The summed E-state index contributed by atoms with van der Waals surface area (Å²) < 4.78 is 0.872. The van der Waals surface area contributed by atoms with Gasteiger partial charge in [-0.2, -0.15) is 0 Å². The summed E-state index contributed by atoms with van der Waals surface area (Å²) in [5.74, 6) is 0.125. The molecule has 3 rings (SSSR count). The smallest absolute Gasteiger partial charge is 0.255 e. The van der Waals surface area contributed by atoms with Crippen molar-refractivity contribution < 1.29 is 4.79 Å². The Hall–Kier alpha value is -1.65. The van der Waals surface area contributed by atoms with Gasteiger partial charge in [0.05, 0.1) is 5.56 Å². The molecule has 4 heteroatoms. The number of nitrogens with zero attached hydrogens (tertiary/aromatic N) is 2. The molecular formula is C19H21BrN2O. The van der Waals surface area contributed by atoms with Gasteiger partial charge in [0.15, 0.2) is 0 Å². The second-order valence-electron chi connectivity index (χ2n) is 5.85. The summed E-state index contributed by atoms with van der Waals surface area (Å²) in [6, 6.07) is 18.2. The first-order valence-corrected chi connectivity index (χ1v) is 8.83. The van der Waals surface area contributed by atoms with Gasteiger partial charge in [0.25, 0.3) is 5.91 Å². The first-order valence-electron chi connectivity index (χ1n) is 8.04. The fourth-order valence-corrected chi connectivity index (χ4v) is 3.37. The van der Waals surface area contributed by atoms with E-state index in [-0.39, 0.29) is 5.91 Å². The Morgan fingerprint density at radius 3 is 2.26 bits per heavy atom. The van der Waals surface area contributed by atoms with Crippen molar-refractivity contribution in [1.29, 1.82) is 0 Å². The number of hydrogen-bond donors (Lipinski definition) is 0. The highest BCUT2D eigenvalue weighted by Crippen LogP contribution is 2.18. The van der Waals surface area contributed by atoms with Crippen LogP contribution in [0.1, 0.15) is 15.9 Å². The third-order valence-electron chi connectivity index (χ3n) is 4.32. The number of carbonyl (C=O) groups is 1. The number of hydrogen-bond acceptors (Lipinski definition) is 2. The van der Waals surface area contributed by atoms with E-state index in [4.69, 9.17) is 0 Å². The standard InChI is InChI=1S/C19H21BrN2O/c20-18-9-5-4-8-17(18)19(23)22-14-12-21(13-15-22)11-10-16-6-2-1-3-7-16/h1-9H,10-15H2. The number of benzene rings is 2. The van der Waals surface area contributed by atoms with E-state index in [0.29, 0.717) is 0 Å². The van der Waals surface area contributed by atoms with Crippen molar-refractivity contribution in [2.24, 2.45) is 0 Å². The lowest BCUT2D eigenvalue weighted by Gasteiger charge is -2.35. The molecule has 1 amide bonds. The van der Waals surface area contributed by atoms with Crippen LogP contribution in [0, 0.1) is 0 Å². The molecule has 0 radical (unpaired) electrons. The quantitative estimate of drug-likeness (QED) is 0.820. The highest BCUT2D eigenvalue weighted by Gasteiger charge is 2.22. The number of rotatable bonds is 4. The number of halogens is 1. The first-order chi connectivity index (χ1) is 11.2. The van der Waals surface area contributed by atoms with E-state index >= 15 is 0 Å². The Balaban J connectivity index is 1.50. The second-order valence-corrected chi connectivity index (χ2v) is 6.70. The SMILES string of the molecule is O=C(c1ccccc1Br)N1CCN(CCc2ccccc2)CC1. The molecule has 1 fully saturated rings. The largest absolute Gasteiger partial charge is 0.336 e. The molecule has 0 aliphatic carbocycles. The number of amides is 1.